The molecule has 1 aromatic carbocycles. The standard InChI is InChI=1S/C16H20FN3O2S.ClH/c17-12-1-3-13(4-2-12)19-15(21)11-5-7-20(8-6-11)16(22)14-9-23-10-18-14;/h1-4,11,14,18H,5-10H2,(H,19,21);1H. The monoisotopic (exact) mass is 373 g/mol. The Bertz CT molecular complexity index is 573. The third-order valence-corrected chi connectivity index (χ3v) is 5.24. The molecule has 2 amide bonds. The summed E-state index contributed by atoms with van der Waals surface area (Å²) in [4.78, 5) is 26.4. The molecule has 0 spiro atoms. The summed E-state index contributed by atoms with van der Waals surface area (Å²) in [6.45, 7) is 1.23. The first-order valence-corrected chi connectivity index (χ1v) is 8.95. The molecule has 2 heterocycles. The van der Waals surface area contributed by atoms with Gasteiger partial charge in [-0.1, -0.05) is 0 Å². The van der Waals surface area contributed by atoms with E-state index in [2.05, 4.69) is 10.6 Å². The van der Waals surface area contributed by atoms with E-state index < -0.39 is 0 Å². The van der Waals surface area contributed by atoms with Crippen LogP contribution in [-0.2, 0) is 9.59 Å². The molecular formula is C16H21ClFN3O2S. The Morgan fingerprint density at radius 3 is 2.46 bits per heavy atom. The van der Waals surface area contributed by atoms with Crippen LogP contribution >= 0.6 is 24.2 Å². The van der Waals surface area contributed by atoms with Gasteiger partial charge in [-0.15, -0.1) is 24.2 Å². The van der Waals surface area contributed by atoms with Gasteiger partial charge < -0.3 is 10.2 Å². The van der Waals surface area contributed by atoms with Gasteiger partial charge in [-0.25, -0.2) is 4.39 Å². The van der Waals surface area contributed by atoms with Gasteiger partial charge in [0.15, 0.2) is 0 Å². The van der Waals surface area contributed by atoms with Gasteiger partial charge >= 0.3 is 0 Å². The van der Waals surface area contributed by atoms with Crippen molar-refractivity contribution in [1.29, 1.82) is 0 Å². The summed E-state index contributed by atoms with van der Waals surface area (Å²) >= 11 is 1.73. The maximum atomic E-state index is 12.9. The number of rotatable bonds is 3. The number of halogens is 2. The summed E-state index contributed by atoms with van der Waals surface area (Å²) in [7, 11) is 0. The maximum absolute atomic E-state index is 12.9. The van der Waals surface area contributed by atoms with E-state index in [4.69, 9.17) is 0 Å². The molecule has 0 saturated carbocycles. The van der Waals surface area contributed by atoms with Crippen molar-refractivity contribution in [2.75, 3.05) is 30.0 Å². The van der Waals surface area contributed by atoms with Crippen molar-refractivity contribution in [3.05, 3.63) is 30.1 Å². The molecule has 1 aromatic rings. The average molecular weight is 374 g/mol. The van der Waals surface area contributed by atoms with Gasteiger partial charge in [0.2, 0.25) is 11.8 Å². The van der Waals surface area contributed by atoms with Crippen LogP contribution in [0.2, 0.25) is 0 Å². The first-order valence-electron chi connectivity index (χ1n) is 7.80. The molecule has 24 heavy (non-hydrogen) atoms. The lowest BCUT2D eigenvalue weighted by Crippen LogP contribution is -2.49. The second kappa shape index (κ2) is 8.69. The third-order valence-electron chi connectivity index (χ3n) is 4.30. The van der Waals surface area contributed by atoms with Crippen LogP contribution in [-0.4, -0.2) is 47.5 Å². The highest BCUT2D eigenvalue weighted by molar-refractivity contribution is 7.99. The van der Waals surface area contributed by atoms with Gasteiger partial charge in [-0.05, 0) is 37.1 Å². The zero-order valence-electron chi connectivity index (χ0n) is 13.2. The summed E-state index contributed by atoms with van der Waals surface area (Å²) in [5.41, 5.74) is 0.599. The van der Waals surface area contributed by atoms with Crippen molar-refractivity contribution in [3.63, 3.8) is 0 Å². The number of nitrogens with zero attached hydrogens (tertiary/aromatic N) is 1. The van der Waals surface area contributed by atoms with Crippen LogP contribution in [0.3, 0.4) is 0 Å². The molecule has 132 valence electrons. The molecule has 2 N–H and O–H groups in total. The number of carbonyl (C=O) groups excluding carboxylic acids is 2. The molecule has 2 aliphatic rings. The SMILES string of the molecule is Cl.O=C(Nc1ccc(F)cc1)C1CCN(C(=O)C2CSCN2)CC1. The number of nitrogens with one attached hydrogen (secondary N) is 2. The number of likely N-dealkylation sites (tertiary alicyclic amines) is 1. The van der Waals surface area contributed by atoms with Gasteiger partial charge in [0.05, 0.1) is 6.04 Å². The molecule has 8 heteroatoms. The molecule has 0 aliphatic carbocycles. The molecule has 2 fully saturated rings. The van der Waals surface area contributed by atoms with Crippen molar-refractivity contribution in [2.45, 2.75) is 18.9 Å². The van der Waals surface area contributed by atoms with E-state index in [1.165, 1.54) is 12.1 Å². The van der Waals surface area contributed by atoms with Crippen LogP contribution < -0.4 is 10.6 Å². The summed E-state index contributed by atoms with van der Waals surface area (Å²) in [6.07, 6.45) is 1.33. The molecule has 1 atom stereocenters. The quantitative estimate of drug-likeness (QED) is 0.851. The van der Waals surface area contributed by atoms with Crippen LogP contribution in [0.15, 0.2) is 24.3 Å². The number of hydrogen-bond donors (Lipinski definition) is 2. The predicted molar refractivity (Wildman–Crippen MR) is 95.8 cm³/mol. The zero-order chi connectivity index (χ0) is 16.2. The van der Waals surface area contributed by atoms with E-state index in [0.717, 1.165) is 11.6 Å². The van der Waals surface area contributed by atoms with Gasteiger partial charge in [0.25, 0.3) is 0 Å². The second-order valence-electron chi connectivity index (χ2n) is 5.87. The first kappa shape index (κ1) is 19.0. The predicted octanol–water partition coefficient (Wildman–Crippen LogP) is 2.09. The minimum absolute atomic E-state index is 0. The molecule has 2 saturated heterocycles. The highest BCUT2D eigenvalue weighted by atomic mass is 35.5. The van der Waals surface area contributed by atoms with E-state index in [-0.39, 0.29) is 42.0 Å². The Kier molecular flexibility index (Phi) is 6.89. The van der Waals surface area contributed by atoms with Crippen molar-refractivity contribution in [2.24, 2.45) is 5.92 Å². The van der Waals surface area contributed by atoms with E-state index in [9.17, 15) is 14.0 Å². The van der Waals surface area contributed by atoms with Gasteiger partial charge in [0, 0.05) is 36.3 Å². The van der Waals surface area contributed by atoms with Gasteiger partial charge in [-0.3, -0.25) is 14.9 Å². The fourth-order valence-corrected chi connectivity index (χ4v) is 3.85. The Labute approximate surface area is 151 Å². The zero-order valence-corrected chi connectivity index (χ0v) is 14.8. The number of amides is 2. The molecule has 0 bridgehead atoms. The minimum atomic E-state index is -0.325. The lowest BCUT2D eigenvalue weighted by atomic mass is 9.95. The molecule has 1 unspecified atom stereocenters. The highest BCUT2D eigenvalue weighted by Crippen LogP contribution is 2.21. The van der Waals surface area contributed by atoms with Crippen LogP contribution in [0.5, 0.6) is 0 Å². The molecular weight excluding hydrogens is 353 g/mol. The van der Waals surface area contributed by atoms with Crippen molar-refractivity contribution < 1.29 is 14.0 Å². The molecule has 3 rings (SSSR count). The molecule has 0 radical (unpaired) electrons. The minimum Gasteiger partial charge on any atom is -0.341 e. The smallest absolute Gasteiger partial charge is 0.240 e. The summed E-state index contributed by atoms with van der Waals surface area (Å²) < 4.78 is 12.9. The Hall–Kier alpha value is -1.31. The van der Waals surface area contributed by atoms with E-state index in [0.29, 0.717) is 31.6 Å². The largest absolute Gasteiger partial charge is 0.341 e. The number of benzene rings is 1. The van der Waals surface area contributed by atoms with Crippen molar-refractivity contribution in [1.82, 2.24) is 10.2 Å². The second-order valence-corrected chi connectivity index (χ2v) is 6.90. The molecule has 0 aromatic heterocycles. The van der Waals surface area contributed by atoms with Crippen LogP contribution in [0.1, 0.15) is 12.8 Å². The number of thioether (sulfide) groups is 1. The average Bonchev–Trinajstić information content (AvgIpc) is 3.11. The third kappa shape index (κ3) is 4.62. The van der Waals surface area contributed by atoms with Crippen molar-refractivity contribution in [3.8, 4) is 0 Å². The first-order chi connectivity index (χ1) is 11.1. The number of carbonyl (C=O) groups is 2. The Balaban J connectivity index is 0.00000208. The number of hydrogen-bond acceptors (Lipinski definition) is 4. The van der Waals surface area contributed by atoms with Crippen LogP contribution in [0.25, 0.3) is 0 Å². The molecule has 5 nitrogen and oxygen atoms in total. The summed E-state index contributed by atoms with van der Waals surface area (Å²) in [5.74, 6) is 1.31. The fourth-order valence-electron chi connectivity index (χ4n) is 2.91. The van der Waals surface area contributed by atoms with Crippen LogP contribution in [0.4, 0.5) is 10.1 Å². The van der Waals surface area contributed by atoms with E-state index >= 15 is 0 Å². The maximum Gasteiger partial charge on any atom is 0.240 e. The van der Waals surface area contributed by atoms with E-state index in [1.807, 2.05) is 4.90 Å². The van der Waals surface area contributed by atoms with Gasteiger partial charge in [0.1, 0.15) is 5.82 Å². The topological polar surface area (TPSA) is 61.4 Å². The summed E-state index contributed by atoms with van der Waals surface area (Å²) in [5, 5.41) is 6.00. The number of piperidine rings is 1. The normalized spacial score (nSPS) is 21.2. The van der Waals surface area contributed by atoms with E-state index in [1.54, 1.807) is 23.9 Å². The Morgan fingerprint density at radius 1 is 1.21 bits per heavy atom. The van der Waals surface area contributed by atoms with Gasteiger partial charge in [-0.2, -0.15) is 0 Å². The van der Waals surface area contributed by atoms with Crippen molar-refractivity contribution >= 4 is 41.7 Å². The fraction of sp³-hybridized carbons (Fsp3) is 0.500. The highest BCUT2D eigenvalue weighted by Gasteiger charge is 2.32. The lowest BCUT2D eigenvalue weighted by molar-refractivity contribution is -0.135. The lowest BCUT2D eigenvalue weighted by Gasteiger charge is -2.32. The summed E-state index contributed by atoms with van der Waals surface area (Å²) in [6, 6.07) is 5.67. The van der Waals surface area contributed by atoms with Crippen LogP contribution in [0, 0.1) is 11.7 Å². The number of anilines is 1. The molecule has 2 aliphatic heterocycles. The Morgan fingerprint density at radius 2 is 1.88 bits per heavy atom.